The first-order chi connectivity index (χ1) is 11.2. The number of aromatic nitrogens is 1. The van der Waals surface area contributed by atoms with E-state index < -0.39 is 17.7 Å². The molecule has 1 saturated heterocycles. The van der Waals surface area contributed by atoms with Gasteiger partial charge in [0.05, 0.1) is 22.8 Å². The molecule has 1 aromatic carbocycles. The second kappa shape index (κ2) is 5.89. The van der Waals surface area contributed by atoms with E-state index >= 15 is 0 Å². The first kappa shape index (κ1) is 17.0. The third-order valence-corrected chi connectivity index (χ3v) is 4.56. The van der Waals surface area contributed by atoms with E-state index in [0.717, 1.165) is 25.4 Å². The Morgan fingerprint density at radius 3 is 2.62 bits per heavy atom. The number of rotatable bonds is 3. The highest BCUT2D eigenvalue weighted by atomic mass is 79.9. The summed E-state index contributed by atoms with van der Waals surface area (Å²) in [7, 11) is 1.92. The van der Waals surface area contributed by atoms with Crippen LogP contribution in [-0.4, -0.2) is 47.1 Å². The molecule has 0 saturated carbocycles. The molecule has 9 heteroatoms. The van der Waals surface area contributed by atoms with Crippen molar-refractivity contribution in [1.29, 1.82) is 0 Å². The Kier molecular flexibility index (Phi) is 4.16. The Labute approximate surface area is 143 Å². The molecule has 1 aliphatic rings. The molecule has 128 valence electrons. The molecule has 2 N–H and O–H groups in total. The Morgan fingerprint density at radius 2 is 2.08 bits per heavy atom. The summed E-state index contributed by atoms with van der Waals surface area (Å²) in [5, 5.41) is 12.8. The molecular weight excluding hydrogens is 391 g/mol. The van der Waals surface area contributed by atoms with Gasteiger partial charge in [-0.15, -0.1) is 0 Å². The summed E-state index contributed by atoms with van der Waals surface area (Å²) in [6, 6.07) is 2.23. The number of carboxylic acid groups (broad SMARTS) is 1. The molecule has 0 spiro atoms. The van der Waals surface area contributed by atoms with Crippen molar-refractivity contribution >= 4 is 38.5 Å². The van der Waals surface area contributed by atoms with Gasteiger partial charge in [0.1, 0.15) is 5.56 Å². The van der Waals surface area contributed by atoms with E-state index in [-0.39, 0.29) is 21.6 Å². The van der Waals surface area contributed by atoms with Crippen LogP contribution in [0.4, 0.5) is 18.9 Å². The summed E-state index contributed by atoms with van der Waals surface area (Å²) in [4.78, 5) is 17.4. The SMILES string of the molecule is CN1CC(Nc2c(C(=O)O)cnc3cc(C(F)(F)F)c(Br)cc23)C1. The molecule has 1 aliphatic heterocycles. The van der Waals surface area contributed by atoms with Crippen molar-refractivity contribution in [2.24, 2.45) is 0 Å². The highest BCUT2D eigenvalue weighted by Gasteiger charge is 2.34. The molecule has 0 amide bonds. The molecule has 2 heterocycles. The number of fused-ring (bicyclic) bond motifs is 1. The summed E-state index contributed by atoms with van der Waals surface area (Å²) >= 11 is 2.92. The lowest BCUT2D eigenvalue weighted by molar-refractivity contribution is -0.138. The molecule has 0 unspecified atom stereocenters. The van der Waals surface area contributed by atoms with E-state index in [2.05, 4.69) is 26.2 Å². The fraction of sp³-hybridized carbons (Fsp3) is 0.333. The normalized spacial score (nSPS) is 16.2. The Balaban J connectivity index is 2.15. The van der Waals surface area contributed by atoms with Crippen molar-refractivity contribution in [2.45, 2.75) is 12.2 Å². The zero-order valence-electron chi connectivity index (χ0n) is 12.5. The van der Waals surface area contributed by atoms with Gasteiger partial charge in [-0.3, -0.25) is 4.98 Å². The van der Waals surface area contributed by atoms with Crippen LogP contribution in [-0.2, 0) is 6.18 Å². The predicted molar refractivity (Wildman–Crippen MR) is 86.3 cm³/mol. The fourth-order valence-corrected chi connectivity index (χ4v) is 3.31. The smallest absolute Gasteiger partial charge is 0.417 e. The van der Waals surface area contributed by atoms with Gasteiger partial charge in [0.25, 0.3) is 0 Å². The Bertz CT molecular complexity index is 820. The maximum Gasteiger partial charge on any atom is 0.417 e. The molecule has 0 bridgehead atoms. The summed E-state index contributed by atoms with van der Waals surface area (Å²) in [6.45, 7) is 1.45. The largest absolute Gasteiger partial charge is 0.478 e. The van der Waals surface area contributed by atoms with Gasteiger partial charge in [0.2, 0.25) is 0 Å². The summed E-state index contributed by atoms with van der Waals surface area (Å²) in [5.41, 5.74) is -0.533. The van der Waals surface area contributed by atoms with Crippen molar-refractivity contribution in [3.63, 3.8) is 0 Å². The number of alkyl halides is 3. The lowest BCUT2D eigenvalue weighted by atomic mass is 10.0. The van der Waals surface area contributed by atoms with E-state index in [1.54, 1.807) is 0 Å². The van der Waals surface area contributed by atoms with Crippen LogP contribution in [0, 0.1) is 0 Å². The Morgan fingerprint density at radius 1 is 1.42 bits per heavy atom. The van der Waals surface area contributed by atoms with Crippen LogP contribution in [0.1, 0.15) is 15.9 Å². The number of halogens is 4. The second-order valence-corrected chi connectivity index (χ2v) is 6.62. The maximum atomic E-state index is 13.0. The van der Waals surface area contributed by atoms with Crippen molar-refractivity contribution in [3.05, 3.63) is 33.9 Å². The number of nitrogens with zero attached hydrogens (tertiary/aromatic N) is 2. The number of anilines is 1. The molecule has 24 heavy (non-hydrogen) atoms. The topological polar surface area (TPSA) is 65.5 Å². The molecule has 0 radical (unpaired) electrons. The van der Waals surface area contributed by atoms with E-state index in [0.29, 0.717) is 11.1 Å². The highest BCUT2D eigenvalue weighted by molar-refractivity contribution is 9.10. The highest BCUT2D eigenvalue weighted by Crippen LogP contribution is 2.39. The maximum absolute atomic E-state index is 13.0. The third kappa shape index (κ3) is 3.05. The van der Waals surface area contributed by atoms with Crippen molar-refractivity contribution in [2.75, 3.05) is 25.5 Å². The van der Waals surface area contributed by atoms with Gasteiger partial charge >= 0.3 is 12.1 Å². The average molecular weight is 404 g/mol. The number of likely N-dealkylation sites (tertiary alicyclic amines) is 1. The number of carboxylic acids is 1. The van der Waals surface area contributed by atoms with Crippen LogP contribution in [0.5, 0.6) is 0 Å². The van der Waals surface area contributed by atoms with E-state index in [4.69, 9.17) is 0 Å². The number of hydrogen-bond acceptors (Lipinski definition) is 4. The number of aromatic carboxylic acids is 1. The first-order valence-corrected chi connectivity index (χ1v) is 7.84. The average Bonchev–Trinajstić information content (AvgIpc) is 2.43. The van der Waals surface area contributed by atoms with Gasteiger partial charge in [-0.1, -0.05) is 15.9 Å². The minimum atomic E-state index is -4.52. The molecular formula is C15H13BrF3N3O2. The quantitative estimate of drug-likeness (QED) is 0.821. The number of benzene rings is 1. The van der Waals surface area contributed by atoms with Crippen molar-refractivity contribution < 1.29 is 23.1 Å². The van der Waals surface area contributed by atoms with Gasteiger partial charge in [0, 0.05) is 29.1 Å². The van der Waals surface area contributed by atoms with Crippen LogP contribution in [0.25, 0.3) is 10.9 Å². The number of carbonyl (C=O) groups is 1. The van der Waals surface area contributed by atoms with Crippen molar-refractivity contribution in [3.8, 4) is 0 Å². The minimum Gasteiger partial charge on any atom is -0.478 e. The van der Waals surface area contributed by atoms with Gasteiger partial charge in [0.15, 0.2) is 0 Å². The lowest BCUT2D eigenvalue weighted by Crippen LogP contribution is -2.52. The van der Waals surface area contributed by atoms with Gasteiger partial charge in [-0.05, 0) is 19.2 Å². The predicted octanol–water partition coefficient (Wildman–Crippen LogP) is 3.44. The van der Waals surface area contributed by atoms with Crippen LogP contribution in [0.3, 0.4) is 0 Å². The third-order valence-electron chi connectivity index (χ3n) is 3.91. The van der Waals surface area contributed by atoms with E-state index in [1.165, 1.54) is 6.07 Å². The zero-order chi connectivity index (χ0) is 17.6. The number of nitrogens with one attached hydrogen (secondary N) is 1. The molecule has 2 aromatic rings. The monoisotopic (exact) mass is 403 g/mol. The van der Waals surface area contributed by atoms with Crippen LogP contribution < -0.4 is 5.32 Å². The minimum absolute atomic E-state index is 0.0415. The van der Waals surface area contributed by atoms with Gasteiger partial charge in [-0.2, -0.15) is 13.2 Å². The zero-order valence-corrected chi connectivity index (χ0v) is 14.1. The Hall–Kier alpha value is -1.87. The number of hydrogen-bond donors (Lipinski definition) is 2. The molecule has 0 atom stereocenters. The summed E-state index contributed by atoms with van der Waals surface area (Å²) in [5.74, 6) is -1.18. The van der Waals surface area contributed by atoms with Gasteiger partial charge in [-0.25, -0.2) is 4.79 Å². The van der Waals surface area contributed by atoms with Crippen molar-refractivity contribution in [1.82, 2.24) is 9.88 Å². The molecule has 3 rings (SSSR count). The summed E-state index contributed by atoms with van der Waals surface area (Å²) in [6.07, 6.45) is -3.44. The van der Waals surface area contributed by atoms with Crippen LogP contribution >= 0.6 is 15.9 Å². The molecule has 1 fully saturated rings. The molecule has 5 nitrogen and oxygen atoms in total. The standard InChI is InChI=1S/C15H13BrF3N3O2/c1-22-5-7(6-22)21-13-8-2-11(16)10(15(17,18)19)3-12(8)20-4-9(13)14(23)24/h2-4,7H,5-6H2,1H3,(H,20,21)(H,23,24). The number of pyridine rings is 1. The summed E-state index contributed by atoms with van der Waals surface area (Å²) < 4.78 is 38.9. The fourth-order valence-electron chi connectivity index (χ4n) is 2.74. The van der Waals surface area contributed by atoms with Crippen LogP contribution in [0.15, 0.2) is 22.8 Å². The van der Waals surface area contributed by atoms with Gasteiger partial charge < -0.3 is 15.3 Å². The number of likely N-dealkylation sites (N-methyl/N-ethyl adjacent to an activating group) is 1. The first-order valence-electron chi connectivity index (χ1n) is 7.04. The van der Waals surface area contributed by atoms with E-state index in [9.17, 15) is 23.1 Å². The van der Waals surface area contributed by atoms with Crippen LogP contribution in [0.2, 0.25) is 0 Å². The van der Waals surface area contributed by atoms with E-state index in [1.807, 2.05) is 11.9 Å². The second-order valence-electron chi connectivity index (χ2n) is 5.76. The lowest BCUT2D eigenvalue weighted by Gasteiger charge is -2.37. The molecule has 1 aromatic heterocycles. The molecule has 0 aliphatic carbocycles.